The van der Waals surface area contributed by atoms with Crippen molar-refractivity contribution in [2.75, 3.05) is 19.7 Å². The number of unbranched alkanes of at least 4 members (excludes halogenated alkanes) is 2. The molecule has 0 fully saturated rings. The summed E-state index contributed by atoms with van der Waals surface area (Å²) < 4.78 is 6.08. The molecule has 10 heteroatoms. The van der Waals surface area contributed by atoms with Crippen LogP contribution in [0.4, 0.5) is 0 Å². The minimum absolute atomic E-state index is 0.0534. The first-order valence-electron chi connectivity index (χ1n) is 17.2. The highest BCUT2D eigenvalue weighted by Crippen LogP contribution is 2.24. The lowest BCUT2D eigenvalue weighted by molar-refractivity contribution is -0.131. The Morgan fingerprint density at radius 2 is 1.56 bits per heavy atom. The van der Waals surface area contributed by atoms with Crippen molar-refractivity contribution >= 4 is 28.6 Å². The average Bonchev–Trinajstić information content (AvgIpc) is 3.47. The number of nitrogens with zero attached hydrogens (tertiary/aromatic N) is 2. The van der Waals surface area contributed by atoms with E-state index in [1.165, 1.54) is 10.9 Å². The number of hydroxylamine groups is 1. The number of aromatic amines is 1. The molecular formula is C40H45N5O5. The zero-order chi connectivity index (χ0) is 35.1. The molecular weight excluding hydrogens is 630 g/mol. The Morgan fingerprint density at radius 1 is 0.820 bits per heavy atom. The van der Waals surface area contributed by atoms with Gasteiger partial charge in [0.1, 0.15) is 12.4 Å². The Bertz CT molecular complexity index is 1840. The van der Waals surface area contributed by atoms with E-state index >= 15 is 0 Å². The standard InChI is InChI=1S/C40H45N5O5/c1-29-35(36-12-8-9-13-37(36)43-29)22-23-45(40(48)15-7-3-6-14-38(46)44-49)24-25-50-34-20-17-31(18-21-34)32-16-19-33(41-28-32)26-39(47)42-27-30-10-4-2-5-11-30/h2,4-5,8-13,16-21,28,43,49H,3,6-7,14-15,22-27H2,1H3,(H,42,47)(H,44,46). The molecule has 0 unspecified atom stereocenters. The normalized spacial score (nSPS) is 10.9. The van der Waals surface area contributed by atoms with Crippen LogP contribution in [-0.4, -0.2) is 57.5 Å². The monoisotopic (exact) mass is 675 g/mol. The number of nitrogens with one attached hydrogen (secondary N) is 3. The third kappa shape index (κ3) is 10.5. The summed E-state index contributed by atoms with van der Waals surface area (Å²) in [7, 11) is 0. The Balaban J connectivity index is 1.12. The Kier molecular flexibility index (Phi) is 13.1. The molecule has 0 radical (unpaired) electrons. The molecule has 5 aromatic rings. The van der Waals surface area contributed by atoms with E-state index in [-0.39, 0.29) is 24.7 Å². The van der Waals surface area contributed by atoms with Crippen LogP contribution in [0.1, 0.15) is 54.6 Å². The number of aromatic nitrogens is 2. The zero-order valence-electron chi connectivity index (χ0n) is 28.5. The van der Waals surface area contributed by atoms with Gasteiger partial charge in [-0.15, -0.1) is 0 Å². The summed E-state index contributed by atoms with van der Waals surface area (Å²) in [5, 5.41) is 12.8. The quantitative estimate of drug-likeness (QED) is 0.0489. The number of para-hydroxylation sites is 1. The molecule has 0 aliphatic carbocycles. The van der Waals surface area contributed by atoms with Gasteiger partial charge < -0.3 is 19.9 Å². The second kappa shape index (κ2) is 18.3. The summed E-state index contributed by atoms with van der Waals surface area (Å²) >= 11 is 0. The number of benzene rings is 3. The SMILES string of the molecule is Cc1[nH]c2ccccc2c1CCN(CCOc1ccc(-c2ccc(CC(=O)NCc3ccccc3)nc2)cc1)C(=O)CCCCCC(=O)NO. The lowest BCUT2D eigenvalue weighted by Crippen LogP contribution is -2.36. The number of H-pyrrole nitrogens is 1. The molecule has 0 saturated carbocycles. The van der Waals surface area contributed by atoms with Gasteiger partial charge in [0.05, 0.1) is 13.0 Å². The van der Waals surface area contributed by atoms with Crippen molar-refractivity contribution in [3.05, 3.63) is 120 Å². The summed E-state index contributed by atoms with van der Waals surface area (Å²) in [4.78, 5) is 46.8. The van der Waals surface area contributed by atoms with Crippen molar-refractivity contribution < 1.29 is 24.3 Å². The summed E-state index contributed by atoms with van der Waals surface area (Å²) in [5.74, 6) is 0.268. The third-order valence-corrected chi connectivity index (χ3v) is 8.75. The summed E-state index contributed by atoms with van der Waals surface area (Å²) in [6, 6.07) is 29.6. The molecule has 0 bridgehead atoms. The zero-order valence-corrected chi connectivity index (χ0v) is 28.5. The third-order valence-electron chi connectivity index (χ3n) is 8.75. The fraction of sp³-hybridized carbons (Fsp3) is 0.300. The van der Waals surface area contributed by atoms with Gasteiger partial charge in [-0.25, -0.2) is 5.48 Å². The predicted molar refractivity (Wildman–Crippen MR) is 193 cm³/mol. The molecule has 0 aliphatic heterocycles. The van der Waals surface area contributed by atoms with E-state index in [0.29, 0.717) is 56.9 Å². The van der Waals surface area contributed by atoms with E-state index in [4.69, 9.17) is 9.94 Å². The molecule has 10 nitrogen and oxygen atoms in total. The number of rotatable bonds is 18. The topological polar surface area (TPSA) is 137 Å². The maximum absolute atomic E-state index is 13.3. The summed E-state index contributed by atoms with van der Waals surface area (Å²) in [6.45, 7) is 3.90. The maximum atomic E-state index is 13.3. The van der Waals surface area contributed by atoms with Gasteiger partial charge in [-0.3, -0.25) is 24.6 Å². The molecule has 0 atom stereocenters. The molecule has 2 aromatic heterocycles. The van der Waals surface area contributed by atoms with Gasteiger partial charge in [-0.2, -0.15) is 0 Å². The van der Waals surface area contributed by atoms with Crippen molar-refractivity contribution in [2.45, 2.75) is 58.4 Å². The molecule has 5 rings (SSSR count). The first-order chi connectivity index (χ1) is 24.4. The maximum Gasteiger partial charge on any atom is 0.243 e. The van der Waals surface area contributed by atoms with Crippen LogP contribution in [0.25, 0.3) is 22.0 Å². The van der Waals surface area contributed by atoms with E-state index < -0.39 is 5.91 Å². The van der Waals surface area contributed by atoms with Crippen LogP contribution in [0.3, 0.4) is 0 Å². The average molecular weight is 676 g/mol. The van der Waals surface area contributed by atoms with Crippen molar-refractivity contribution in [3.8, 4) is 16.9 Å². The highest BCUT2D eigenvalue weighted by molar-refractivity contribution is 5.84. The van der Waals surface area contributed by atoms with Gasteiger partial charge in [-0.1, -0.05) is 73.2 Å². The molecule has 0 aliphatic rings. The summed E-state index contributed by atoms with van der Waals surface area (Å²) in [6.07, 6.45) is 5.32. The van der Waals surface area contributed by atoms with E-state index in [2.05, 4.69) is 34.3 Å². The summed E-state index contributed by atoms with van der Waals surface area (Å²) in [5.41, 5.74) is 8.71. The van der Waals surface area contributed by atoms with Crippen LogP contribution in [0.5, 0.6) is 5.75 Å². The molecule has 4 N–H and O–H groups in total. The second-order valence-electron chi connectivity index (χ2n) is 12.4. The number of fused-ring (bicyclic) bond motifs is 1. The number of hydrogen-bond acceptors (Lipinski definition) is 6. The van der Waals surface area contributed by atoms with Gasteiger partial charge in [0.25, 0.3) is 0 Å². The minimum Gasteiger partial charge on any atom is -0.492 e. The number of aryl methyl sites for hydroxylation is 1. The van der Waals surface area contributed by atoms with Crippen LogP contribution >= 0.6 is 0 Å². The Morgan fingerprint density at radius 3 is 2.32 bits per heavy atom. The van der Waals surface area contributed by atoms with Crippen LogP contribution in [-0.2, 0) is 33.8 Å². The predicted octanol–water partition coefficient (Wildman–Crippen LogP) is 6.30. The number of ether oxygens (including phenoxy) is 1. The highest BCUT2D eigenvalue weighted by Gasteiger charge is 2.16. The molecule has 0 spiro atoms. The first-order valence-corrected chi connectivity index (χ1v) is 17.2. The van der Waals surface area contributed by atoms with Crippen molar-refractivity contribution in [1.29, 1.82) is 0 Å². The van der Waals surface area contributed by atoms with Gasteiger partial charge in [0.2, 0.25) is 17.7 Å². The number of carbonyl (C=O) groups is 3. The van der Waals surface area contributed by atoms with E-state index in [1.807, 2.05) is 83.8 Å². The van der Waals surface area contributed by atoms with E-state index in [0.717, 1.165) is 40.7 Å². The minimum atomic E-state index is -0.414. The second-order valence-corrected chi connectivity index (χ2v) is 12.4. The number of hydrogen-bond donors (Lipinski definition) is 4. The molecule has 260 valence electrons. The molecule has 3 amide bonds. The van der Waals surface area contributed by atoms with Crippen LogP contribution in [0, 0.1) is 6.92 Å². The molecule has 2 heterocycles. The first kappa shape index (κ1) is 35.8. The highest BCUT2D eigenvalue weighted by atomic mass is 16.5. The Labute approximate surface area is 292 Å². The number of pyridine rings is 1. The lowest BCUT2D eigenvalue weighted by Gasteiger charge is -2.23. The molecule has 50 heavy (non-hydrogen) atoms. The van der Waals surface area contributed by atoms with Gasteiger partial charge in [0, 0.05) is 60.0 Å². The van der Waals surface area contributed by atoms with Crippen molar-refractivity contribution in [3.63, 3.8) is 0 Å². The van der Waals surface area contributed by atoms with Crippen LogP contribution < -0.4 is 15.5 Å². The van der Waals surface area contributed by atoms with Gasteiger partial charge in [0.15, 0.2) is 0 Å². The smallest absolute Gasteiger partial charge is 0.243 e. The van der Waals surface area contributed by atoms with Crippen molar-refractivity contribution in [1.82, 2.24) is 25.7 Å². The van der Waals surface area contributed by atoms with Gasteiger partial charge in [-0.05, 0) is 67.1 Å². The lowest BCUT2D eigenvalue weighted by atomic mass is 10.1. The van der Waals surface area contributed by atoms with Crippen molar-refractivity contribution in [2.24, 2.45) is 0 Å². The van der Waals surface area contributed by atoms with Crippen LogP contribution in [0.2, 0.25) is 0 Å². The van der Waals surface area contributed by atoms with E-state index in [9.17, 15) is 14.4 Å². The van der Waals surface area contributed by atoms with Crippen LogP contribution in [0.15, 0.2) is 97.2 Å². The number of carbonyl (C=O) groups excluding carboxylic acids is 3. The molecule has 3 aromatic carbocycles. The van der Waals surface area contributed by atoms with E-state index in [1.54, 1.807) is 11.7 Å². The largest absolute Gasteiger partial charge is 0.492 e. The molecule has 0 saturated heterocycles. The fourth-order valence-corrected chi connectivity index (χ4v) is 5.96. The fourth-order valence-electron chi connectivity index (χ4n) is 5.96. The Hall–Kier alpha value is -5.48. The number of amides is 3. The van der Waals surface area contributed by atoms with Gasteiger partial charge >= 0.3 is 0 Å².